The van der Waals surface area contributed by atoms with Gasteiger partial charge in [0, 0.05) is 13.0 Å². The van der Waals surface area contributed by atoms with E-state index in [1.807, 2.05) is 19.1 Å². The van der Waals surface area contributed by atoms with Crippen LogP contribution in [0, 0.1) is 6.92 Å². The average molecular weight is 370 g/mol. The summed E-state index contributed by atoms with van der Waals surface area (Å²) in [6, 6.07) is 5.59. The molecule has 21 heavy (non-hydrogen) atoms. The molecule has 0 saturated carbocycles. The summed E-state index contributed by atoms with van der Waals surface area (Å²) in [4.78, 5) is 0. The summed E-state index contributed by atoms with van der Waals surface area (Å²) in [6.45, 7) is 2.44. The third kappa shape index (κ3) is 8.28. The first-order valence-electron chi connectivity index (χ1n) is 6.62. The largest absolute Gasteiger partial charge is 0.490 e. The van der Waals surface area contributed by atoms with Gasteiger partial charge in [-0.05, 0) is 53.5 Å². The van der Waals surface area contributed by atoms with Crippen molar-refractivity contribution < 1.29 is 23.0 Å². The van der Waals surface area contributed by atoms with Crippen molar-refractivity contribution in [2.24, 2.45) is 0 Å². The van der Waals surface area contributed by atoms with Crippen molar-refractivity contribution in [3.63, 3.8) is 0 Å². The van der Waals surface area contributed by atoms with Gasteiger partial charge in [-0.1, -0.05) is 6.07 Å². The van der Waals surface area contributed by atoms with E-state index in [1.165, 1.54) is 0 Å². The van der Waals surface area contributed by atoms with Crippen LogP contribution < -0.4 is 10.1 Å². The predicted molar refractivity (Wildman–Crippen MR) is 78.5 cm³/mol. The van der Waals surface area contributed by atoms with Gasteiger partial charge in [0.15, 0.2) is 0 Å². The molecule has 2 N–H and O–H groups in total. The van der Waals surface area contributed by atoms with E-state index >= 15 is 0 Å². The third-order valence-electron chi connectivity index (χ3n) is 2.71. The van der Waals surface area contributed by atoms with E-state index in [2.05, 4.69) is 21.2 Å². The van der Waals surface area contributed by atoms with Gasteiger partial charge in [-0.2, -0.15) is 13.2 Å². The highest BCUT2D eigenvalue weighted by atomic mass is 79.9. The third-order valence-corrected chi connectivity index (χ3v) is 3.33. The average Bonchev–Trinajstić information content (AvgIpc) is 2.36. The monoisotopic (exact) mass is 369 g/mol. The minimum Gasteiger partial charge on any atom is -0.490 e. The number of ether oxygens (including phenoxy) is 1. The smallest absolute Gasteiger partial charge is 0.389 e. The van der Waals surface area contributed by atoms with Crippen LogP contribution in [0.1, 0.15) is 18.4 Å². The number of aliphatic hydroxyl groups is 1. The van der Waals surface area contributed by atoms with E-state index in [1.54, 1.807) is 6.07 Å². The first-order chi connectivity index (χ1) is 9.78. The van der Waals surface area contributed by atoms with Crippen molar-refractivity contribution in [3.05, 3.63) is 28.2 Å². The van der Waals surface area contributed by atoms with Crippen molar-refractivity contribution in [2.75, 3.05) is 19.7 Å². The fourth-order valence-electron chi connectivity index (χ4n) is 1.65. The Morgan fingerprint density at radius 2 is 2.10 bits per heavy atom. The SMILES string of the molecule is Cc1ccc(OCC(O)CNCCCC(F)(F)F)c(Br)c1. The molecule has 0 amide bonds. The van der Waals surface area contributed by atoms with Crippen LogP contribution in [-0.2, 0) is 0 Å². The van der Waals surface area contributed by atoms with Crippen molar-refractivity contribution in [1.82, 2.24) is 5.32 Å². The Morgan fingerprint density at radius 1 is 1.38 bits per heavy atom. The molecule has 7 heteroatoms. The quantitative estimate of drug-likeness (QED) is 0.689. The highest BCUT2D eigenvalue weighted by molar-refractivity contribution is 9.10. The lowest BCUT2D eigenvalue weighted by Crippen LogP contribution is -2.32. The van der Waals surface area contributed by atoms with E-state index in [0.29, 0.717) is 5.75 Å². The van der Waals surface area contributed by atoms with Crippen molar-refractivity contribution >= 4 is 15.9 Å². The molecule has 1 rings (SSSR count). The predicted octanol–water partition coefficient (Wildman–Crippen LogP) is 3.43. The van der Waals surface area contributed by atoms with Crippen LogP contribution in [0.4, 0.5) is 13.2 Å². The molecule has 0 bridgehead atoms. The lowest BCUT2D eigenvalue weighted by molar-refractivity contribution is -0.135. The first-order valence-corrected chi connectivity index (χ1v) is 7.42. The second-order valence-corrected chi connectivity index (χ2v) is 5.68. The normalized spacial score (nSPS) is 13.2. The zero-order chi connectivity index (χ0) is 15.9. The number of hydrogen-bond donors (Lipinski definition) is 2. The van der Waals surface area contributed by atoms with E-state index < -0.39 is 18.7 Å². The molecule has 0 aliphatic carbocycles. The number of benzene rings is 1. The summed E-state index contributed by atoms with van der Waals surface area (Å²) < 4.78 is 42.0. The minimum atomic E-state index is -4.12. The highest BCUT2D eigenvalue weighted by Crippen LogP contribution is 2.25. The second-order valence-electron chi connectivity index (χ2n) is 4.82. The Balaban J connectivity index is 2.18. The molecule has 0 radical (unpaired) electrons. The molecule has 0 aromatic heterocycles. The fourth-order valence-corrected chi connectivity index (χ4v) is 2.26. The Hall–Kier alpha value is -0.790. The highest BCUT2D eigenvalue weighted by Gasteiger charge is 2.25. The number of hydrogen-bond acceptors (Lipinski definition) is 3. The molecule has 120 valence electrons. The van der Waals surface area contributed by atoms with Crippen LogP contribution in [0.15, 0.2) is 22.7 Å². The van der Waals surface area contributed by atoms with E-state index in [0.717, 1.165) is 10.0 Å². The Morgan fingerprint density at radius 3 is 2.71 bits per heavy atom. The summed E-state index contributed by atoms with van der Waals surface area (Å²) in [6.07, 6.45) is -5.71. The lowest BCUT2D eigenvalue weighted by atomic mass is 10.2. The minimum absolute atomic E-state index is 0.000583. The summed E-state index contributed by atoms with van der Waals surface area (Å²) in [5.74, 6) is 0.622. The number of nitrogens with one attached hydrogen (secondary N) is 1. The van der Waals surface area contributed by atoms with Crippen LogP contribution in [0.25, 0.3) is 0 Å². The van der Waals surface area contributed by atoms with Crippen LogP contribution in [0.5, 0.6) is 5.75 Å². The molecule has 0 spiro atoms. The molecule has 3 nitrogen and oxygen atoms in total. The molecule has 0 saturated heterocycles. The summed E-state index contributed by atoms with van der Waals surface area (Å²) in [5.41, 5.74) is 1.08. The van der Waals surface area contributed by atoms with Gasteiger partial charge in [-0.3, -0.25) is 0 Å². The zero-order valence-electron chi connectivity index (χ0n) is 11.7. The fraction of sp³-hybridized carbons (Fsp3) is 0.571. The molecule has 1 unspecified atom stereocenters. The summed E-state index contributed by atoms with van der Waals surface area (Å²) >= 11 is 3.36. The zero-order valence-corrected chi connectivity index (χ0v) is 13.3. The lowest BCUT2D eigenvalue weighted by Gasteiger charge is -2.14. The molecule has 0 aliphatic rings. The van der Waals surface area contributed by atoms with Crippen LogP contribution in [-0.4, -0.2) is 37.1 Å². The number of alkyl halides is 3. The van der Waals surface area contributed by atoms with Gasteiger partial charge in [0.25, 0.3) is 0 Å². The summed E-state index contributed by atoms with van der Waals surface area (Å²) in [7, 11) is 0. The summed E-state index contributed by atoms with van der Waals surface area (Å²) in [5, 5.41) is 12.5. The molecule has 1 atom stereocenters. The van der Waals surface area contributed by atoms with Gasteiger partial charge in [0.05, 0.1) is 4.47 Å². The topological polar surface area (TPSA) is 41.5 Å². The van der Waals surface area contributed by atoms with E-state index in [9.17, 15) is 18.3 Å². The van der Waals surface area contributed by atoms with E-state index in [-0.39, 0.29) is 26.1 Å². The number of aryl methyl sites for hydroxylation is 1. The number of halogens is 4. The van der Waals surface area contributed by atoms with Crippen LogP contribution in [0.3, 0.4) is 0 Å². The maximum atomic E-state index is 11.9. The maximum Gasteiger partial charge on any atom is 0.389 e. The second kappa shape index (κ2) is 8.60. The van der Waals surface area contributed by atoms with Crippen molar-refractivity contribution in [2.45, 2.75) is 32.0 Å². The molecular weight excluding hydrogens is 351 g/mol. The van der Waals surface area contributed by atoms with Gasteiger partial charge in [-0.15, -0.1) is 0 Å². The van der Waals surface area contributed by atoms with Crippen LogP contribution >= 0.6 is 15.9 Å². The van der Waals surface area contributed by atoms with Gasteiger partial charge < -0.3 is 15.2 Å². The molecule has 0 fully saturated rings. The van der Waals surface area contributed by atoms with Crippen molar-refractivity contribution in [1.29, 1.82) is 0 Å². The maximum absolute atomic E-state index is 11.9. The Labute approximate surface area is 130 Å². The Kier molecular flexibility index (Phi) is 7.48. The molecule has 1 aromatic carbocycles. The number of aliphatic hydroxyl groups excluding tert-OH is 1. The van der Waals surface area contributed by atoms with E-state index in [4.69, 9.17) is 4.74 Å². The standard InChI is InChI=1S/C14H19BrF3NO2/c1-10-3-4-13(12(15)7-10)21-9-11(20)8-19-6-2-5-14(16,17)18/h3-4,7,11,19-20H,2,5-6,8-9H2,1H3. The molecule has 0 heterocycles. The molecular formula is C14H19BrF3NO2. The first kappa shape index (κ1) is 18.3. The molecule has 1 aromatic rings. The van der Waals surface area contributed by atoms with Gasteiger partial charge in [-0.25, -0.2) is 0 Å². The van der Waals surface area contributed by atoms with Gasteiger partial charge >= 0.3 is 6.18 Å². The van der Waals surface area contributed by atoms with Crippen LogP contribution in [0.2, 0.25) is 0 Å². The van der Waals surface area contributed by atoms with Gasteiger partial charge in [0.1, 0.15) is 18.5 Å². The number of rotatable bonds is 8. The Bertz CT molecular complexity index is 441. The molecule has 0 aliphatic heterocycles. The van der Waals surface area contributed by atoms with Gasteiger partial charge in [0.2, 0.25) is 0 Å². The van der Waals surface area contributed by atoms with Crippen molar-refractivity contribution in [3.8, 4) is 5.75 Å².